The monoisotopic (exact) mass is 566 g/mol. The van der Waals surface area contributed by atoms with Gasteiger partial charge in [0.25, 0.3) is 0 Å². The Kier molecular flexibility index (Phi) is 9.27. The first-order valence-corrected chi connectivity index (χ1v) is 12.7. The van der Waals surface area contributed by atoms with E-state index in [9.17, 15) is 35.1 Å². The predicted molar refractivity (Wildman–Crippen MR) is 134 cm³/mol. The second-order valence-corrected chi connectivity index (χ2v) is 10.0. The molecule has 9 atom stereocenters. The van der Waals surface area contributed by atoms with Crippen LogP contribution in [0, 0.1) is 5.92 Å². The molecular formula is C27H34O13. The number of aromatic hydroxyl groups is 1. The molecule has 220 valence electrons. The van der Waals surface area contributed by atoms with Gasteiger partial charge in [0.15, 0.2) is 18.9 Å². The highest BCUT2D eigenvalue weighted by molar-refractivity contribution is 5.90. The SMILES string of the molecule is COC(=O)C1=C2CC[C@@](C)(O)[C@@H]2[C@@H](O[C@H]2O[C@@H](COC(=O)/C=C/c3ccc(O)cc3)[C@H](O)[C@@H](O)[C@@H]2O)O[C@@H]1OC. The van der Waals surface area contributed by atoms with Crippen LogP contribution < -0.4 is 0 Å². The van der Waals surface area contributed by atoms with Gasteiger partial charge in [-0.15, -0.1) is 0 Å². The van der Waals surface area contributed by atoms with Crippen molar-refractivity contribution < 1.29 is 63.5 Å². The minimum Gasteiger partial charge on any atom is -0.508 e. The standard InChI is InChI=1S/C27H34O13/c1-27(34)11-10-15-18(23(33)35-2)24(36-3)39-25(19(15)27)40-26-22(32)21(31)20(30)16(38-26)12-37-17(29)9-6-13-4-7-14(28)8-5-13/h4-9,16,19-22,24-26,28,30-32,34H,10-12H2,1-3H3/b9-6+/t16-,19-,20-,21+,22-,24-,25+,26+,27+/m0/s1. The number of rotatable bonds is 8. The Morgan fingerprint density at radius 1 is 1.05 bits per heavy atom. The molecule has 2 aliphatic heterocycles. The van der Waals surface area contributed by atoms with Crippen molar-refractivity contribution >= 4 is 18.0 Å². The molecule has 2 heterocycles. The number of carbonyl (C=O) groups excluding carboxylic acids is 2. The van der Waals surface area contributed by atoms with E-state index in [2.05, 4.69) is 0 Å². The van der Waals surface area contributed by atoms with E-state index < -0.39 is 73.4 Å². The Morgan fingerprint density at radius 3 is 2.40 bits per heavy atom. The van der Waals surface area contributed by atoms with E-state index in [4.69, 9.17) is 28.4 Å². The summed E-state index contributed by atoms with van der Waals surface area (Å²) >= 11 is 0. The number of ether oxygens (including phenoxy) is 6. The molecule has 1 aromatic carbocycles. The van der Waals surface area contributed by atoms with E-state index in [1.165, 1.54) is 32.4 Å². The van der Waals surface area contributed by atoms with Crippen LogP contribution in [0.15, 0.2) is 41.5 Å². The Labute approximate surface area is 230 Å². The molecule has 13 nitrogen and oxygen atoms in total. The van der Waals surface area contributed by atoms with Crippen LogP contribution in [-0.4, -0.2) is 107 Å². The van der Waals surface area contributed by atoms with Crippen LogP contribution in [0.25, 0.3) is 6.08 Å². The highest BCUT2D eigenvalue weighted by Gasteiger charge is 2.55. The van der Waals surface area contributed by atoms with Gasteiger partial charge in [-0.1, -0.05) is 12.1 Å². The Hall–Kier alpha value is -2.88. The summed E-state index contributed by atoms with van der Waals surface area (Å²) in [5, 5.41) is 51.9. The van der Waals surface area contributed by atoms with E-state index in [0.717, 1.165) is 6.08 Å². The number of methoxy groups -OCH3 is 2. The van der Waals surface area contributed by atoms with Crippen molar-refractivity contribution in [1.29, 1.82) is 0 Å². The molecular weight excluding hydrogens is 532 g/mol. The predicted octanol–water partition coefficient (Wildman–Crippen LogP) is -0.268. The summed E-state index contributed by atoms with van der Waals surface area (Å²) in [7, 11) is 2.52. The van der Waals surface area contributed by atoms with Crippen LogP contribution in [0.3, 0.4) is 0 Å². The molecule has 3 aliphatic rings. The van der Waals surface area contributed by atoms with Gasteiger partial charge in [-0.25, -0.2) is 9.59 Å². The summed E-state index contributed by atoms with van der Waals surface area (Å²) in [5.41, 5.74) is -0.117. The molecule has 4 rings (SSSR count). The smallest absolute Gasteiger partial charge is 0.338 e. The largest absolute Gasteiger partial charge is 0.508 e. The van der Waals surface area contributed by atoms with E-state index in [1.54, 1.807) is 19.1 Å². The van der Waals surface area contributed by atoms with E-state index in [0.29, 0.717) is 17.6 Å². The van der Waals surface area contributed by atoms with Crippen LogP contribution in [0.1, 0.15) is 25.3 Å². The van der Waals surface area contributed by atoms with Crippen LogP contribution in [0.4, 0.5) is 0 Å². The van der Waals surface area contributed by atoms with Gasteiger partial charge in [0.2, 0.25) is 0 Å². The van der Waals surface area contributed by atoms with Gasteiger partial charge in [-0.05, 0) is 49.1 Å². The molecule has 1 saturated heterocycles. The van der Waals surface area contributed by atoms with Gasteiger partial charge >= 0.3 is 11.9 Å². The molecule has 0 amide bonds. The Morgan fingerprint density at radius 2 is 1.75 bits per heavy atom. The van der Waals surface area contributed by atoms with Gasteiger partial charge in [0, 0.05) is 13.2 Å². The molecule has 1 aromatic rings. The molecule has 0 unspecified atom stereocenters. The minimum absolute atomic E-state index is 0.0738. The fourth-order valence-corrected chi connectivity index (χ4v) is 5.14. The van der Waals surface area contributed by atoms with Crippen molar-refractivity contribution in [3.63, 3.8) is 0 Å². The van der Waals surface area contributed by atoms with Gasteiger partial charge in [0.05, 0.1) is 24.2 Å². The average Bonchev–Trinajstić information content (AvgIpc) is 3.26. The lowest BCUT2D eigenvalue weighted by atomic mass is 9.85. The summed E-state index contributed by atoms with van der Waals surface area (Å²) in [6.45, 7) is 1.06. The van der Waals surface area contributed by atoms with Crippen molar-refractivity contribution in [2.75, 3.05) is 20.8 Å². The highest BCUT2D eigenvalue weighted by atomic mass is 16.8. The summed E-state index contributed by atoms with van der Waals surface area (Å²) < 4.78 is 32.7. The van der Waals surface area contributed by atoms with E-state index in [1.807, 2.05) is 0 Å². The third-order valence-corrected chi connectivity index (χ3v) is 7.31. The van der Waals surface area contributed by atoms with E-state index in [-0.39, 0.29) is 17.7 Å². The second-order valence-electron chi connectivity index (χ2n) is 10.0. The van der Waals surface area contributed by atoms with Gasteiger partial charge in [-0.2, -0.15) is 0 Å². The number of hydrogen-bond donors (Lipinski definition) is 5. The minimum atomic E-state index is -1.73. The lowest BCUT2D eigenvalue weighted by molar-refractivity contribution is -0.363. The Balaban J connectivity index is 1.47. The number of aliphatic hydroxyl groups excluding tert-OH is 3. The first kappa shape index (κ1) is 30.1. The molecule has 5 N–H and O–H groups in total. The molecule has 0 radical (unpaired) electrons. The highest BCUT2D eigenvalue weighted by Crippen LogP contribution is 2.49. The molecule has 2 fully saturated rings. The molecule has 13 heteroatoms. The van der Waals surface area contributed by atoms with Crippen LogP contribution in [0.2, 0.25) is 0 Å². The summed E-state index contributed by atoms with van der Waals surface area (Å²) in [6.07, 6.45) is -7.25. The van der Waals surface area contributed by atoms with Gasteiger partial charge in [-0.3, -0.25) is 0 Å². The number of fused-ring (bicyclic) bond motifs is 1. The molecule has 1 aliphatic carbocycles. The third-order valence-electron chi connectivity index (χ3n) is 7.31. The van der Waals surface area contributed by atoms with Gasteiger partial charge in [0.1, 0.15) is 36.8 Å². The fourth-order valence-electron chi connectivity index (χ4n) is 5.14. The maximum atomic E-state index is 12.5. The number of benzene rings is 1. The Bertz CT molecular complexity index is 1130. The second kappa shape index (κ2) is 12.3. The number of hydrogen-bond acceptors (Lipinski definition) is 13. The van der Waals surface area contributed by atoms with Crippen molar-refractivity contribution in [2.24, 2.45) is 5.92 Å². The van der Waals surface area contributed by atoms with Crippen molar-refractivity contribution in [1.82, 2.24) is 0 Å². The maximum Gasteiger partial charge on any atom is 0.338 e. The van der Waals surface area contributed by atoms with Gasteiger partial charge < -0.3 is 54.0 Å². The zero-order chi connectivity index (χ0) is 29.2. The van der Waals surface area contributed by atoms with Crippen LogP contribution in [-0.2, 0) is 38.0 Å². The zero-order valence-electron chi connectivity index (χ0n) is 22.2. The lowest BCUT2D eigenvalue weighted by Gasteiger charge is -2.44. The molecule has 0 aromatic heterocycles. The number of phenolic OH excluding ortho intramolecular Hbond substituents is 1. The number of phenols is 1. The van der Waals surface area contributed by atoms with Crippen molar-refractivity contribution in [2.45, 2.75) is 68.7 Å². The molecule has 40 heavy (non-hydrogen) atoms. The quantitative estimate of drug-likeness (QED) is 0.204. The van der Waals surface area contributed by atoms with Crippen molar-refractivity contribution in [3.8, 4) is 5.75 Å². The lowest BCUT2D eigenvalue weighted by Crippen LogP contribution is -2.61. The van der Waals surface area contributed by atoms with Crippen LogP contribution in [0.5, 0.6) is 5.75 Å². The summed E-state index contributed by atoms with van der Waals surface area (Å²) in [6, 6.07) is 6.08. The van der Waals surface area contributed by atoms with Crippen LogP contribution >= 0.6 is 0 Å². The maximum absolute atomic E-state index is 12.5. The first-order chi connectivity index (χ1) is 19.0. The average molecular weight is 567 g/mol. The summed E-state index contributed by atoms with van der Waals surface area (Å²) in [4.78, 5) is 24.7. The van der Waals surface area contributed by atoms with E-state index >= 15 is 0 Å². The molecule has 0 bridgehead atoms. The third kappa shape index (κ3) is 6.21. The topological polar surface area (TPSA) is 191 Å². The number of carbonyl (C=O) groups is 2. The number of esters is 2. The molecule has 1 saturated carbocycles. The first-order valence-electron chi connectivity index (χ1n) is 12.7. The molecule has 0 spiro atoms. The normalized spacial score (nSPS) is 36.0. The fraction of sp³-hybridized carbons (Fsp3) is 0.556. The summed E-state index contributed by atoms with van der Waals surface area (Å²) in [5.74, 6) is -2.25. The number of aliphatic hydroxyl groups is 4. The zero-order valence-corrected chi connectivity index (χ0v) is 22.2. The van der Waals surface area contributed by atoms with Crippen molar-refractivity contribution in [3.05, 3.63) is 47.1 Å².